The molecule has 26 heavy (non-hydrogen) atoms. The van der Waals surface area contributed by atoms with Crippen LogP contribution in [0.2, 0.25) is 0 Å². The first-order valence-corrected chi connectivity index (χ1v) is 9.27. The topological polar surface area (TPSA) is 45.7 Å². The van der Waals surface area contributed by atoms with Gasteiger partial charge < -0.3 is 14.5 Å². The van der Waals surface area contributed by atoms with Gasteiger partial charge in [-0.3, -0.25) is 4.79 Å². The van der Waals surface area contributed by atoms with E-state index in [1.807, 2.05) is 35.2 Å². The van der Waals surface area contributed by atoms with Gasteiger partial charge in [-0.1, -0.05) is 29.5 Å². The van der Waals surface area contributed by atoms with Gasteiger partial charge in [0.2, 0.25) is 0 Å². The van der Waals surface area contributed by atoms with E-state index in [9.17, 15) is 9.18 Å². The Bertz CT molecular complexity index is 908. The molecule has 7 heteroatoms. The number of piperazine rings is 1. The number of hydrogen-bond donors (Lipinski definition) is 0. The Morgan fingerprint density at radius 3 is 2.65 bits per heavy atom. The molecule has 134 valence electrons. The van der Waals surface area contributed by atoms with Gasteiger partial charge in [-0.05, 0) is 30.3 Å². The molecule has 2 aromatic carbocycles. The van der Waals surface area contributed by atoms with E-state index in [4.69, 9.17) is 4.74 Å². The Morgan fingerprint density at radius 2 is 1.88 bits per heavy atom. The van der Waals surface area contributed by atoms with Crippen LogP contribution >= 0.6 is 11.3 Å². The van der Waals surface area contributed by atoms with Crippen molar-refractivity contribution >= 4 is 32.6 Å². The highest BCUT2D eigenvalue weighted by molar-refractivity contribution is 7.22. The molecule has 1 amide bonds. The molecule has 1 fully saturated rings. The quantitative estimate of drug-likeness (QED) is 0.707. The van der Waals surface area contributed by atoms with Crippen LogP contribution in [-0.2, 0) is 4.79 Å². The van der Waals surface area contributed by atoms with E-state index in [2.05, 4.69) is 9.88 Å². The number of carbonyl (C=O) groups is 1. The molecule has 5 nitrogen and oxygen atoms in total. The van der Waals surface area contributed by atoms with Crippen LogP contribution in [0.3, 0.4) is 0 Å². The van der Waals surface area contributed by atoms with Gasteiger partial charge in [0.15, 0.2) is 11.7 Å². The highest BCUT2D eigenvalue weighted by Crippen LogP contribution is 2.29. The molecule has 0 bridgehead atoms. The Kier molecular flexibility index (Phi) is 4.71. The number of benzene rings is 2. The summed E-state index contributed by atoms with van der Waals surface area (Å²) in [7, 11) is 0. The van der Waals surface area contributed by atoms with Gasteiger partial charge in [-0.2, -0.15) is 0 Å². The third kappa shape index (κ3) is 3.62. The molecule has 1 saturated heterocycles. The van der Waals surface area contributed by atoms with Crippen molar-refractivity contribution in [3.63, 3.8) is 0 Å². The molecule has 0 N–H and O–H groups in total. The summed E-state index contributed by atoms with van der Waals surface area (Å²) in [5.41, 5.74) is 0.807. The van der Waals surface area contributed by atoms with Crippen molar-refractivity contribution in [3.8, 4) is 5.75 Å². The van der Waals surface area contributed by atoms with Crippen LogP contribution in [0.4, 0.5) is 9.52 Å². The molecule has 0 unspecified atom stereocenters. The number of para-hydroxylation sites is 1. The number of rotatable bonds is 4. The van der Waals surface area contributed by atoms with Crippen LogP contribution in [-0.4, -0.2) is 48.6 Å². The Hall–Kier alpha value is -2.67. The first-order valence-electron chi connectivity index (χ1n) is 8.46. The van der Waals surface area contributed by atoms with Gasteiger partial charge in [-0.25, -0.2) is 9.37 Å². The second-order valence-corrected chi connectivity index (χ2v) is 7.09. The Balaban J connectivity index is 1.33. The van der Waals surface area contributed by atoms with Gasteiger partial charge in [0.25, 0.3) is 5.91 Å². The molecule has 0 atom stereocenters. The molecule has 1 aliphatic heterocycles. The lowest BCUT2D eigenvalue weighted by Crippen LogP contribution is -2.50. The predicted molar refractivity (Wildman–Crippen MR) is 100 cm³/mol. The number of thiazole rings is 1. The van der Waals surface area contributed by atoms with E-state index in [-0.39, 0.29) is 18.3 Å². The minimum absolute atomic E-state index is 0.0140. The molecule has 0 radical (unpaired) electrons. The number of anilines is 1. The van der Waals surface area contributed by atoms with Crippen molar-refractivity contribution < 1.29 is 13.9 Å². The summed E-state index contributed by atoms with van der Waals surface area (Å²) in [5, 5.41) is 0.873. The maximum atomic E-state index is 13.3. The predicted octanol–water partition coefficient (Wildman–Crippen LogP) is 3.16. The molecule has 0 saturated carbocycles. The minimum Gasteiger partial charge on any atom is -0.484 e. The maximum absolute atomic E-state index is 13.3. The fraction of sp³-hybridized carbons (Fsp3) is 0.263. The van der Waals surface area contributed by atoms with Crippen LogP contribution < -0.4 is 9.64 Å². The Labute approximate surface area is 154 Å². The van der Waals surface area contributed by atoms with Crippen molar-refractivity contribution in [2.45, 2.75) is 0 Å². The van der Waals surface area contributed by atoms with E-state index in [0.717, 1.165) is 15.3 Å². The number of carbonyl (C=O) groups excluding carboxylic acids is 1. The molecule has 3 aromatic rings. The van der Waals surface area contributed by atoms with Crippen LogP contribution in [0.15, 0.2) is 48.5 Å². The third-order valence-electron chi connectivity index (χ3n) is 4.35. The van der Waals surface area contributed by atoms with E-state index in [0.29, 0.717) is 31.9 Å². The van der Waals surface area contributed by atoms with Crippen molar-refractivity contribution in [2.75, 3.05) is 37.7 Å². The number of nitrogens with zero attached hydrogens (tertiary/aromatic N) is 3. The largest absolute Gasteiger partial charge is 0.484 e. The van der Waals surface area contributed by atoms with Gasteiger partial charge in [0, 0.05) is 26.2 Å². The summed E-state index contributed by atoms with van der Waals surface area (Å²) < 4.78 is 19.7. The van der Waals surface area contributed by atoms with Crippen LogP contribution in [0.1, 0.15) is 0 Å². The standard InChI is InChI=1S/C19H18FN3O2S/c20-14-6-7-16-17(12-14)26-19(21-16)23-10-8-22(9-11-23)18(24)13-25-15-4-2-1-3-5-15/h1-7,12H,8-11,13H2. The van der Waals surface area contributed by atoms with Crippen LogP contribution in [0.25, 0.3) is 10.2 Å². The van der Waals surface area contributed by atoms with Crippen molar-refractivity contribution in [3.05, 3.63) is 54.3 Å². The molecule has 0 aliphatic carbocycles. The average molecular weight is 371 g/mol. The van der Waals surface area contributed by atoms with E-state index < -0.39 is 0 Å². The van der Waals surface area contributed by atoms with E-state index >= 15 is 0 Å². The summed E-state index contributed by atoms with van der Waals surface area (Å²) in [6.45, 7) is 2.71. The van der Waals surface area contributed by atoms with E-state index in [1.165, 1.54) is 23.5 Å². The van der Waals surface area contributed by atoms with Gasteiger partial charge in [0.05, 0.1) is 10.2 Å². The average Bonchev–Trinajstić information content (AvgIpc) is 3.10. The van der Waals surface area contributed by atoms with Gasteiger partial charge in [0.1, 0.15) is 11.6 Å². The lowest BCUT2D eigenvalue weighted by Gasteiger charge is -2.34. The molecule has 1 aromatic heterocycles. The highest BCUT2D eigenvalue weighted by Gasteiger charge is 2.23. The smallest absolute Gasteiger partial charge is 0.260 e. The zero-order valence-electron chi connectivity index (χ0n) is 14.1. The zero-order chi connectivity index (χ0) is 17.9. The number of ether oxygens (including phenoxy) is 1. The van der Waals surface area contributed by atoms with Gasteiger partial charge in [-0.15, -0.1) is 0 Å². The van der Waals surface area contributed by atoms with Gasteiger partial charge >= 0.3 is 0 Å². The number of aromatic nitrogens is 1. The third-order valence-corrected chi connectivity index (χ3v) is 5.43. The lowest BCUT2D eigenvalue weighted by molar-refractivity contribution is -0.133. The van der Waals surface area contributed by atoms with Crippen LogP contribution in [0, 0.1) is 5.82 Å². The summed E-state index contributed by atoms with van der Waals surface area (Å²) in [5.74, 6) is 0.433. The molecule has 2 heterocycles. The number of halogens is 1. The van der Waals surface area contributed by atoms with Crippen molar-refractivity contribution in [1.82, 2.24) is 9.88 Å². The van der Waals surface area contributed by atoms with E-state index in [1.54, 1.807) is 6.07 Å². The monoisotopic (exact) mass is 371 g/mol. The lowest BCUT2D eigenvalue weighted by atomic mass is 10.3. The summed E-state index contributed by atoms with van der Waals surface area (Å²) in [6.07, 6.45) is 0. The second-order valence-electron chi connectivity index (χ2n) is 6.08. The maximum Gasteiger partial charge on any atom is 0.260 e. The molecule has 1 aliphatic rings. The summed E-state index contributed by atoms with van der Waals surface area (Å²) in [4.78, 5) is 20.8. The molecular weight excluding hydrogens is 353 g/mol. The first kappa shape index (κ1) is 16.8. The van der Waals surface area contributed by atoms with Crippen molar-refractivity contribution in [1.29, 1.82) is 0 Å². The summed E-state index contributed by atoms with van der Waals surface area (Å²) in [6, 6.07) is 14.0. The second kappa shape index (κ2) is 7.29. The SMILES string of the molecule is O=C(COc1ccccc1)N1CCN(c2nc3ccc(F)cc3s2)CC1. The highest BCUT2D eigenvalue weighted by atomic mass is 32.1. The zero-order valence-corrected chi connectivity index (χ0v) is 14.9. The van der Waals surface area contributed by atoms with Crippen LogP contribution in [0.5, 0.6) is 5.75 Å². The Morgan fingerprint density at radius 1 is 1.12 bits per heavy atom. The fourth-order valence-electron chi connectivity index (χ4n) is 2.92. The molecule has 4 rings (SSSR count). The first-order chi connectivity index (χ1) is 12.7. The summed E-state index contributed by atoms with van der Waals surface area (Å²) >= 11 is 1.48. The number of fused-ring (bicyclic) bond motifs is 1. The minimum atomic E-state index is -0.249. The number of hydrogen-bond acceptors (Lipinski definition) is 5. The molecular formula is C19H18FN3O2S. The fourth-order valence-corrected chi connectivity index (χ4v) is 3.96. The van der Waals surface area contributed by atoms with Crippen molar-refractivity contribution in [2.24, 2.45) is 0 Å². The normalized spacial score (nSPS) is 14.7. The molecule has 0 spiro atoms. The number of amides is 1.